The lowest BCUT2D eigenvalue weighted by atomic mass is 9.91. The number of hydrogen-bond donors (Lipinski definition) is 4. The predicted octanol–water partition coefficient (Wildman–Crippen LogP) is 2.58. The van der Waals surface area contributed by atoms with E-state index in [-0.39, 0.29) is 29.2 Å². The molecule has 1 aliphatic rings. The van der Waals surface area contributed by atoms with E-state index in [4.69, 9.17) is 11.5 Å². The SMILES string of the molecule is N/C=C(/C(=O)NC1CCC(Nc2cccc3nc(C(F)F)cn23)CC1)C(N)=NCC(F)F. The van der Waals surface area contributed by atoms with E-state index in [0.29, 0.717) is 37.1 Å². The van der Waals surface area contributed by atoms with E-state index < -0.39 is 25.3 Å². The summed E-state index contributed by atoms with van der Waals surface area (Å²) in [4.78, 5) is 19.8. The lowest BCUT2D eigenvalue weighted by Gasteiger charge is -2.30. The van der Waals surface area contributed by atoms with Crippen molar-refractivity contribution in [3.05, 3.63) is 41.9 Å². The molecular formula is C20H25F4N7O. The van der Waals surface area contributed by atoms with E-state index in [2.05, 4.69) is 20.6 Å². The molecule has 0 aromatic carbocycles. The Morgan fingerprint density at radius 2 is 1.91 bits per heavy atom. The van der Waals surface area contributed by atoms with Crippen LogP contribution in [0.1, 0.15) is 37.8 Å². The summed E-state index contributed by atoms with van der Waals surface area (Å²) in [6, 6.07) is 5.12. The molecule has 0 unspecified atom stereocenters. The van der Waals surface area contributed by atoms with Crippen molar-refractivity contribution in [2.75, 3.05) is 11.9 Å². The maximum atomic E-state index is 13.0. The maximum absolute atomic E-state index is 13.0. The van der Waals surface area contributed by atoms with Crippen molar-refractivity contribution < 1.29 is 22.4 Å². The molecule has 1 amide bonds. The van der Waals surface area contributed by atoms with E-state index >= 15 is 0 Å². The van der Waals surface area contributed by atoms with Crippen LogP contribution in [0.25, 0.3) is 5.65 Å². The number of anilines is 1. The summed E-state index contributed by atoms with van der Waals surface area (Å²) in [7, 11) is 0. The van der Waals surface area contributed by atoms with Crippen LogP contribution < -0.4 is 22.1 Å². The van der Waals surface area contributed by atoms with Gasteiger partial charge in [-0.2, -0.15) is 0 Å². The van der Waals surface area contributed by atoms with Crippen LogP contribution in [0.5, 0.6) is 0 Å². The first-order valence-electron chi connectivity index (χ1n) is 10.1. The van der Waals surface area contributed by atoms with Crippen molar-refractivity contribution in [2.24, 2.45) is 16.5 Å². The van der Waals surface area contributed by atoms with Gasteiger partial charge in [0, 0.05) is 24.5 Å². The minimum atomic E-state index is -2.67. The van der Waals surface area contributed by atoms with E-state index in [1.807, 2.05) is 0 Å². The number of nitrogens with two attached hydrogens (primary N) is 2. The van der Waals surface area contributed by atoms with E-state index in [1.165, 1.54) is 6.20 Å². The summed E-state index contributed by atoms with van der Waals surface area (Å²) < 4.78 is 52.1. The molecule has 0 saturated heterocycles. The van der Waals surface area contributed by atoms with E-state index in [0.717, 1.165) is 6.20 Å². The Balaban J connectivity index is 1.56. The van der Waals surface area contributed by atoms with Crippen molar-refractivity contribution in [1.29, 1.82) is 0 Å². The van der Waals surface area contributed by atoms with Crippen LogP contribution in [-0.4, -0.2) is 46.2 Å². The largest absolute Gasteiger partial charge is 0.404 e. The second-order valence-electron chi connectivity index (χ2n) is 7.47. The van der Waals surface area contributed by atoms with Crippen molar-refractivity contribution >= 4 is 23.2 Å². The van der Waals surface area contributed by atoms with E-state index in [9.17, 15) is 22.4 Å². The number of amidine groups is 1. The first-order chi connectivity index (χ1) is 15.3. The molecule has 0 radical (unpaired) electrons. The smallest absolute Gasteiger partial charge is 0.281 e. The zero-order valence-corrected chi connectivity index (χ0v) is 17.1. The van der Waals surface area contributed by atoms with Gasteiger partial charge in [0.05, 0.1) is 5.57 Å². The molecule has 32 heavy (non-hydrogen) atoms. The van der Waals surface area contributed by atoms with Crippen LogP contribution in [-0.2, 0) is 4.79 Å². The van der Waals surface area contributed by atoms with Crippen LogP contribution in [0.2, 0.25) is 0 Å². The van der Waals surface area contributed by atoms with Crippen LogP contribution in [0.15, 0.2) is 41.2 Å². The summed E-state index contributed by atoms with van der Waals surface area (Å²) in [5.74, 6) is -0.245. The molecule has 1 saturated carbocycles. The number of amides is 1. The molecule has 1 fully saturated rings. The van der Waals surface area contributed by atoms with Gasteiger partial charge in [-0.05, 0) is 37.8 Å². The Labute approximate surface area is 181 Å². The molecule has 0 aliphatic heterocycles. The second-order valence-corrected chi connectivity index (χ2v) is 7.47. The lowest BCUT2D eigenvalue weighted by molar-refractivity contribution is -0.117. The maximum Gasteiger partial charge on any atom is 0.281 e. The average molecular weight is 455 g/mol. The molecule has 6 N–H and O–H groups in total. The number of nitrogens with one attached hydrogen (secondary N) is 2. The third-order valence-electron chi connectivity index (χ3n) is 5.24. The number of rotatable bonds is 8. The first-order valence-corrected chi connectivity index (χ1v) is 10.1. The van der Waals surface area contributed by atoms with Crippen molar-refractivity contribution in [1.82, 2.24) is 14.7 Å². The third-order valence-corrected chi connectivity index (χ3v) is 5.24. The number of carbonyl (C=O) groups excluding carboxylic acids is 1. The fourth-order valence-corrected chi connectivity index (χ4v) is 3.64. The molecule has 3 rings (SSSR count). The predicted molar refractivity (Wildman–Crippen MR) is 113 cm³/mol. The number of nitrogens with zero attached hydrogens (tertiary/aromatic N) is 3. The van der Waals surface area contributed by atoms with Crippen LogP contribution in [0.4, 0.5) is 23.4 Å². The van der Waals surface area contributed by atoms with Crippen LogP contribution >= 0.6 is 0 Å². The lowest BCUT2D eigenvalue weighted by Crippen LogP contribution is -2.42. The number of hydrogen-bond acceptors (Lipinski definition) is 5. The first kappa shape index (κ1) is 23.4. The number of pyridine rings is 1. The summed E-state index contributed by atoms with van der Waals surface area (Å²) >= 11 is 0. The van der Waals surface area contributed by atoms with Gasteiger partial charge in [-0.15, -0.1) is 0 Å². The van der Waals surface area contributed by atoms with Crippen LogP contribution in [0, 0.1) is 0 Å². The molecule has 0 bridgehead atoms. The van der Waals surface area contributed by atoms with Crippen LogP contribution in [0.3, 0.4) is 0 Å². The van der Waals surface area contributed by atoms with Crippen molar-refractivity contribution in [2.45, 2.75) is 50.6 Å². The van der Waals surface area contributed by atoms with E-state index in [1.54, 1.807) is 22.6 Å². The molecule has 0 spiro atoms. The molecule has 12 heteroatoms. The Morgan fingerprint density at radius 3 is 2.53 bits per heavy atom. The van der Waals surface area contributed by atoms with Gasteiger partial charge in [-0.1, -0.05) is 6.07 Å². The van der Waals surface area contributed by atoms with Gasteiger partial charge in [0.2, 0.25) is 0 Å². The highest BCUT2D eigenvalue weighted by Gasteiger charge is 2.25. The Kier molecular flexibility index (Phi) is 7.54. The number of imidazole rings is 1. The standard InChI is InChI=1S/C20H25F4N7O/c21-15(22)9-27-19(26)13(8-25)20(32)29-12-6-4-11(5-7-12)28-16-2-1-3-17-30-14(18(23)24)10-31(16)17/h1-3,8,10-12,15,18,28H,4-7,9,25H2,(H2,26,27)(H,29,32)/b13-8+. The molecule has 0 atom stereocenters. The van der Waals surface area contributed by atoms with Crippen molar-refractivity contribution in [3.8, 4) is 0 Å². The fraction of sp³-hybridized carbons (Fsp3) is 0.450. The van der Waals surface area contributed by atoms with Gasteiger partial charge in [-0.3, -0.25) is 14.2 Å². The number of alkyl halides is 4. The van der Waals surface area contributed by atoms with Gasteiger partial charge < -0.3 is 22.1 Å². The second kappa shape index (κ2) is 10.3. The molecular weight excluding hydrogens is 430 g/mol. The number of halogens is 4. The zero-order valence-electron chi connectivity index (χ0n) is 17.1. The summed E-state index contributed by atoms with van der Waals surface area (Å²) in [6.07, 6.45) is -0.323. The molecule has 2 aromatic heterocycles. The summed E-state index contributed by atoms with van der Waals surface area (Å²) in [5.41, 5.74) is 11.0. The quantitative estimate of drug-likeness (QED) is 0.211. The summed E-state index contributed by atoms with van der Waals surface area (Å²) in [6.45, 7) is -0.810. The highest BCUT2D eigenvalue weighted by Crippen LogP contribution is 2.25. The monoisotopic (exact) mass is 455 g/mol. The fourth-order valence-electron chi connectivity index (χ4n) is 3.64. The summed E-state index contributed by atoms with van der Waals surface area (Å²) in [5, 5.41) is 6.16. The topological polar surface area (TPSA) is 123 Å². The molecule has 2 aromatic rings. The zero-order chi connectivity index (χ0) is 23.3. The molecule has 174 valence electrons. The molecule has 8 nitrogen and oxygen atoms in total. The van der Waals surface area contributed by atoms with Gasteiger partial charge in [0.1, 0.15) is 29.5 Å². The highest BCUT2D eigenvalue weighted by atomic mass is 19.3. The number of fused-ring (bicyclic) bond motifs is 1. The normalized spacial score (nSPS) is 20.2. The van der Waals surface area contributed by atoms with Gasteiger partial charge >= 0.3 is 0 Å². The number of aromatic nitrogens is 2. The highest BCUT2D eigenvalue weighted by molar-refractivity contribution is 6.20. The third kappa shape index (κ3) is 5.68. The van der Waals surface area contributed by atoms with Gasteiger partial charge in [0.15, 0.2) is 0 Å². The number of carbonyl (C=O) groups is 1. The average Bonchev–Trinajstić information content (AvgIpc) is 3.20. The van der Waals surface area contributed by atoms with Gasteiger partial charge in [0.25, 0.3) is 18.8 Å². The Hall–Kier alpha value is -3.31. The minimum absolute atomic E-state index is 0.0772. The van der Waals surface area contributed by atoms with Gasteiger partial charge in [-0.25, -0.2) is 22.5 Å². The molecule has 1 aliphatic carbocycles. The minimum Gasteiger partial charge on any atom is -0.404 e. The molecule has 2 heterocycles. The van der Waals surface area contributed by atoms with Crippen molar-refractivity contribution in [3.63, 3.8) is 0 Å². The number of aliphatic imine (C=N–C) groups is 1. The Morgan fingerprint density at radius 1 is 1.22 bits per heavy atom. The Bertz CT molecular complexity index is 997.